The van der Waals surface area contributed by atoms with Gasteiger partial charge in [0.1, 0.15) is 0 Å². The molecule has 0 unspecified atom stereocenters. The molecular formula is C13H18N4. The summed E-state index contributed by atoms with van der Waals surface area (Å²) in [5.41, 5.74) is 10.1. The van der Waals surface area contributed by atoms with Gasteiger partial charge in [-0.2, -0.15) is 5.10 Å². The van der Waals surface area contributed by atoms with Crippen LogP contribution in [-0.2, 0) is 6.54 Å². The first-order valence-corrected chi connectivity index (χ1v) is 5.77. The Morgan fingerprint density at radius 2 is 2.00 bits per heavy atom. The summed E-state index contributed by atoms with van der Waals surface area (Å²) in [6, 6.07) is 5.97. The number of nitrogens with one attached hydrogen (secondary N) is 1. The van der Waals surface area contributed by atoms with Crippen molar-refractivity contribution in [3.63, 3.8) is 0 Å². The summed E-state index contributed by atoms with van der Waals surface area (Å²) in [6.07, 6.45) is 1.94. The number of nitrogens with zero attached hydrogens (tertiary/aromatic N) is 2. The van der Waals surface area contributed by atoms with Gasteiger partial charge in [0.25, 0.3) is 0 Å². The van der Waals surface area contributed by atoms with Gasteiger partial charge in [0.2, 0.25) is 0 Å². The van der Waals surface area contributed by atoms with E-state index in [4.69, 9.17) is 5.73 Å². The summed E-state index contributed by atoms with van der Waals surface area (Å²) in [4.78, 5) is 0. The van der Waals surface area contributed by atoms with Gasteiger partial charge in [-0.3, -0.25) is 4.68 Å². The van der Waals surface area contributed by atoms with Crippen molar-refractivity contribution in [3.05, 3.63) is 35.5 Å². The number of aromatic nitrogens is 2. The molecule has 2 rings (SSSR count). The fourth-order valence-corrected chi connectivity index (χ4v) is 1.69. The van der Waals surface area contributed by atoms with Gasteiger partial charge >= 0.3 is 0 Å². The lowest BCUT2D eigenvalue weighted by Gasteiger charge is -2.10. The van der Waals surface area contributed by atoms with Gasteiger partial charge in [-0.1, -0.05) is 0 Å². The molecule has 0 aliphatic rings. The smallest absolute Gasteiger partial charge is 0.152 e. The van der Waals surface area contributed by atoms with Gasteiger partial charge in [-0.15, -0.1) is 0 Å². The molecule has 4 heteroatoms. The van der Waals surface area contributed by atoms with Crippen molar-refractivity contribution < 1.29 is 0 Å². The highest BCUT2D eigenvalue weighted by Gasteiger charge is 2.04. The van der Waals surface area contributed by atoms with E-state index in [1.165, 1.54) is 11.1 Å². The topological polar surface area (TPSA) is 55.9 Å². The number of nitrogens with two attached hydrogens (primary N) is 1. The van der Waals surface area contributed by atoms with Gasteiger partial charge in [-0.25, -0.2) is 0 Å². The molecule has 0 fully saturated rings. The van der Waals surface area contributed by atoms with Crippen LogP contribution in [0.15, 0.2) is 24.4 Å². The van der Waals surface area contributed by atoms with Gasteiger partial charge in [-0.05, 0) is 44.0 Å². The predicted molar refractivity (Wildman–Crippen MR) is 71.5 cm³/mol. The van der Waals surface area contributed by atoms with Crippen molar-refractivity contribution in [1.29, 1.82) is 0 Å². The third kappa shape index (κ3) is 2.41. The first kappa shape index (κ1) is 11.5. The monoisotopic (exact) mass is 230 g/mol. The van der Waals surface area contributed by atoms with E-state index in [1.807, 2.05) is 23.0 Å². The summed E-state index contributed by atoms with van der Waals surface area (Å²) in [5, 5.41) is 7.61. The molecule has 0 aliphatic heterocycles. The predicted octanol–water partition coefficient (Wildman–Crippen LogP) is 2.85. The summed E-state index contributed by atoms with van der Waals surface area (Å²) in [6.45, 7) is 7.05. The molecule has 2 aromatic rings. The van der Waals surface area contributed by atoms with E-state index in [0.717, 1.165) is 23.7 Å². The second kappa shape index (κ2) is 4.49. The minimum absolute atomic E-state index is 0.749. The Balaban J connectivity index is 2.26. The maximum atomic E-state index is 5.98. The van der Waals surface area contributed by atoms with E-state index >= 15 is 0 Å². The molecular weight excluding hydrogens is 212 g/mol. The number of rotatable bonds is 3. The highest BCUT2D eigenvalue weighted by Crippen LogP contribution is 2.25. The molecule has 1 heterocycles. The number of benzene rings is 1. The Bertz CT molecular complexity index is 528. The zero-order valence-corrected chi connectivity index (χ0v) is 10.5. The SMILES string of the molecule is CCn1ccc(Nc2cc(C)c(C)cc2N)n1. The molecule has 0 bridgehead atoms. The normalized spacial score (nSPS) is 10.5. The average Bonchev–Trinajstić information content (AvgIpc) is 2.73. The zero-order valence-electron chi connectivity index (χ0n) is 10.5. The van der Waals surface area contributed by atoms with Gasteiger partial charge in [0.15, 0.2) is 5.82 Å². The van der Waals surface area contributed by atoms with Gasteiger partial charge in [0.05, 0.1) is 11.4 Å². The van der Waals surface area contributed by atoms with Crippen molar-refractivity contribution in [3.8, 4) is 0 Å². The van der Waals surface area contributed by atoms with Crippen molar-refractivity contribution in [2.75, 3.05) is 11.1 Å². The minimum Gasteiger partial charge on any atom is -0.397 e. The second-order valence-corrected chi connectivity index (χ2v) is 4.21. The summed E-state index contributed by atoms with van der Waals surface area (Å²) in [7, 11) is 0. The molecule has 0 aliphatic carbocycles. The van der Waals surface area contributed by atoms with Crippen molar-refractivity contribution >= 4 is 17.2 Å². The molecule has 1 aromatic heterocycles. The molecule has 0 saturated carbocycles. The van der Waals surface area contributed by atoms with Crippen LogP contribution in [0, 0.1) is 13.8 Å². The van der Waals surface area contributed by atoms with Crippen LogP contribution in [-0.4, -0.2) is 9.78 Å². The lowest BCUT2D eigenvalue weighted by Crippen LogP contribution is -2.00. The zero-order chi connectivity index (χ0) is 12.4. The third-order valence-corrected chi connectivity index (χ3v) is 2.89. The lowest BCUT2D eigenvalue weighted by atomic mass is 10.1. The fourth-order valence-electron chi connectivity index (χ4n) is 1.69. The van der Waals surface area contributed by atoms with Crippen LogP contribution < -0.4 is 11.1 Å². The number of hydrogen-bond acceptors (Lipinski definition) is 3. The molecule has 1 aromatic carbocycles. The van der Waals surface area contributed by atoms with Crippen molar-refractivity contribution in [2.45, 2.75) is 27.3 Å². The number of nitrogen functional groups attached to an aromatic ring is 1. The number of anilines is 3. The second-order valence-electron chi connectivity index (χ2n) is 4.21. The van der Waals surface area contributed by atoms with Gasteiger partial charge in [0, 0.05) is 18.8 Å². The summed E-state index contributed by atoms with van der Waals surface area (Å²) < 4.78 is 1.87. The average molecular weight is 230 g/mol. The Morgan fingerprint density at radius 1 is 1.29 bits per heavy atom. The van der Waals surface area contributed by atoms with Gasteiger partial charge < -0.3 is 11.1 Å². The number of aryl methyl sites for hydroxylation is 3. The molecule has 3 N–H and O–H groups in total. The van der Waals surface area contributed by atoms with E-state index in [1.54, 1.807) is 0 Å². The van der Waals surface area contributed by atoms with E-state index in [2.05, 4.69) is 37.3 Å². The Kier molecular flexibility index (Phi) is 3.04. The van der Waals surface area contributed by atoms with Crippen LogP contribution in [0.1, 0.15) is 18.1 Å². The standard InChI is InChI=1S/C13H18N4/c1-4-17-6-5-13(16-17)15-12-8-10(3)9(2)7-11(12)14/h5-8H,4,14H2,1-3H3,(H,15,16). The molecule has 90 valence electrons. The van der Waals surface area contributed by atoms with E-state index in [0.29, 0.717) is 0 Å². The summed E-state index contributed by atoms with van der Waals surface area (Å²) >= 11 is 0. The van der Waals surface area contributed by atoms with Crippen LogP contribution in [0.4, 0.5) is 17.2 Å². The third-order valence-electron chi connectivity index (χ3n) is 2.89. The first-order valence-electron chi connectivity index (χ1n) is 5.77. The van der Waals surface area contributed by atoms with Crippen LogP contribution >= 0.6 is 0 Å². The largest absolute Gasteiger partial charge is 0.397 e. The molecule has 0 radical (unpaired) electrons. The van der Waals surface area contributed by atoms with Crippen LogP contribution in [0.3, 0.4) is 0 Å². The fraction of sp³-hybridized carbons (Fsp3) is 0.308. The van der Waals surface area contributed by atoms with E-state index < -0.39 is 0 Å². The maximum Gasteiger partial charge on any atom is 0.152 e. The van der Waals surface area contributed by atoms with Crippen LogP contribution in [0.2, 0.25) is 0 Å². The molecule has 0 atom stereocenters. The number of hydrogen-bond donors (Lipinski definition) is 2. The van der Waals surface area contributed by atoms with E-state index in [9.17, 15) is 0 Å². The molecule has 0 saturated heterocycles. The molecule has 17 heavy (non-hydrogen) atoms. The van der Waals surface area contributed by atoms with Crippen LogP contribution in [0.5, 0.6) is 0 Å². The van der Waals surface area contributed by atoms with Crippen molar-refractivity contribution in [2.24, 2.45) is 0 Å². The Morgan fingerprint density at radius 3 is 2.65 bits per heavy atom. The molecule has 0 spiro atoms. The Hall–Kier alpha value is -1.97. The Labute approximate surface area is 101 Å². The minimum atomic E-state index is 0.749. The van der Waals surface area contributed by atoms with Crippen LogP contribution in [0.25, 0.3) is 0 Å². The molecule has 0 amide bonds. The molecule has 4 nitrogen and oxygen atoms in total. The highest BCUT2D eigenvalue weighted by atomic mass is 15.3. The quantitative estimate of drug-likeness (QED) is 0.797. The maximum absolute atomic E-state index is 5.98. The van der Waals surface area contributed by atoms with E-state index in [-0.39, 0.29) is 0 Å². The first-order chi connectivity index (χ1) is 8.10. The lowest BCUT2D eigenvalue weighted by molar-refractivity contribution is 0.662. The summed E-state index contributed by atoms with van der Waals surface area (Å²) in [5.74, 6) is 0.821. The highest BCUT2D eigenvalue weighted by molar-refractivity contribution is 5.72. The van der Waals surface area contributed by atoms with Crippen molar-refractivity contribution in [1.82, 2.24) is 9.78 Å².